The van der Waals surface area contributed by atoms with E-state index in [-0.39, 0.29) is 0 Å². The number of H-pyrrole nitrogens is 1. The Hall–Kier alpha value is -1.79. The van der Waals surface area contributed by atoms with Crippen molar-refractivity contribution >= 4 is 28.9 Å². The minimum atomic E-state index is 0.539. The number of pyridine rings is 1. The molecule has 1 aliphatic heterocycles. The second-order valence-corrected chi connectivity index (χ2v) is 7.20. The third-order valence-corrected chi connectivity index (χ3v) is 5.90. The highest BCUT2D eigenvalue weighted by molar-refractivity contribution is 7.98. The fourth-order valence-corrected chi connectivity index (χ4v) is 4.99. The fraction of sp³-hybridized carbons (Fsp3) is 0.200. The van der Waals surface area contributed by atoms with Crippen LogP contribution in [0.3, 0.4) is 0 Å². The lowest BCUT2D eigenvalue weighted by atomic mass is 10.1. The van der Waals surface area contributed by atoms with Gasteiger partial charge in [-0.05, 0) is 41.5 Å². The second-order valence-electron chi connectivity index (χ2n) is 4.96. The van der Waals surface area contributed by atoms with Crippen LogP contribution in [0.15, 0.2) is 30.6 Å². The van der Waals surface area contributed by atoms with Crippen molar-refractivity contribution in [3.8, 4) is 21.7 Å². The van der Waals surface area contributed by atoms with Gasteiger partial charge in [0.15, 0.2) is 5.82 Å². The lowest BCUT2D eigenvalue weighted by molar-refractivity contribution is 1.10. The van der Waals surface area contributed by atoms with E-state index in [1.165, 1.54) is 27.5 Å². The highest BCUT2D eigenvalue weighted by Crippen LogP contribution is 2.41. The summed E-state index contributed by atoms with van der Waals surface area (Å²) in [5, 5.41) is 7.32. The minimum Gasteiger partial charge on any atom is -0.382 e. The number of thioether (sulfide) groups is 1. The van der Waals surface area contributed by atoms with Crippen LogP contribution in [0.4, 0.5) is 5.82 Å². The number of thiophene rings is 1. The van der Waals surface area contributed by atoms with E-state index in [1.54, 1.807) is 12.4 Å². The highest BCUT2D eigenvalue weighted by atomic mass is 32.2. The number of nitrogens with two attached hydrogens (primary N) is 1. The predicted octanol–water partition coefficient (Wildman–Crippen LogP) is 3.57. The van der Waals surface area contributed by atoms with E-state index in [2.05, 4.69) is 21.2 Å². The first-order valence-corrected chi connectivity index (χ1v) is 8.74. The SMILES string of the molecule is Nc1n[nH]c(-c2cc3c(s2)CCSC3)c1-c1ccncc1. The number of hydrogen-bond donors (Lipinski definition) is 2. The number of nitrogens with one attached hydrogen (secondary N) is 1. The van der Waals surface area contributed by atoms with Crippen LogP contribution in [0.2, 0.25) is 0 Å². The van der Waals surface area contributed by atoms with Crippen molar-refractivity contribution in [3.05, 3.63) is 41.0 Å². The molecule has 0 radical (unpaired) electrons. The molecule has 0 aromatic carbocycles. The summed E-state index contributed by atoms with van der Waals surface area (Å²) in [5.74, 6) is 2.87. The van der Waals surface area contributed by atoms with Gasteiger partial charge in [-0.1, -0.05) is 0 Å². The van der Waals surface area contributed by atoms with Gasteiger partial charge in [0.25, 0.3) is 0 Å². The summed E-state index contributed by atoms with van der Waals surface area (Å²) in [4.78, 5) is 6.79. The Morgan fingerprint density at radius 3 is 2.90 bits per heavy atom. The molecule has 4 rings (SSSR count). The van der Waals surface area contributed by atoms with E-state index in [9.17, 15) is 0 Å². The molecule has 0 atom stereocenters. The van der Waals surface area contributed by atoms with Gasteiger partial charge < -0.3 is 5.73 Å². The van der Waals surface area contributed by atoms with Crippen molar-refractivity contribution in [2.75, 3.05) is 11.5 Å². The number of anilines is 1. The van der Waals surface area contributed by atoms with Crippen LogP contribution in [0.5, 0.6) is 0 Å². The monoisotopic (exact) mass is 314 g/mol. The zero-order valence-corrected chi connectivity index (χ0v) is 12.9. The van der Waals surface area contributed by atoms with Crippen LogP contribution >= 0.6 is 23.1 Å². The van der Waals surface area contributed by atoms with E-state index >= 15 is 0 Å². The molecule has 106 valence electrons. The first-order chi connectivity index (χ1) is 10.3. The van der Waals surface area contributed by atoms with Crippen LogP contribution in [-0.2, 0) is 12.2 Å². The summed E-state index contributed by atoms with van der Waals surface area (Å²) < 4.78 is 0. The molecule has 0 saturated heterocycles. The van der Waals surface area contributed by atoms with E-state index in [4.69, 9.17) is 5.73 Å². The number of aryl methyl sites for hydroxylation is 1. The number of hydrogen-bond acceptors (Lipinski definition) is 5. The van der Waals surface area contributed by atoms with Gasteiger partial charge in [0, 0.05) is 23.0 Å². The Kier molecular flexibility index (Phi) is 3.20. The smallest absolute Gasteiger partial charge is 0.153 e. The maximum Gasteiger partial charge on any atom is 0.153 e. The molecular weight excluding hydrogens is 300 g/mol. The van der Waals surface area contributed by atoms with Crippen molar-refractivity contribution in [2.24, 2.45) is 0 Å². The number of aromatic amines is 1. The Morgan fingerprint density at radius 1 is 1.24 bits per heavy atom. The lowest BCUT2D eigenvalue weighted by Crippen LogP contribution is -1.96. The van der Waals surface area contributed by atoms with Crippen molar-refractivity contribution in [3.63, 3.8) is 0 Å². The molecule has 0 saturated carbocycles. The Bertz CT molecular complexity index is 753. The number of nitrogens with zero attached hydrogens (tertiary/aromatic N) is 2. The van der Waals surface area contributed by atoms with Crippen LogP contribution in [0.1, 0.15) is 10.4 Å². The molecule has 0 fully saturated rings. The van der Waals surface area contributed by atoms with Gasteiger partial charge in [-0.25, -0.2) is 0 Å². The molecule has 0 spiro atoms. The fourth-order valence-electron chi connectivity index (χ4n) is 2.62. The molecule has 0 amide bonds. The van der Waals surface area contributed by atoms with E-state index in [0.717, 1.165) is 22.6 Å². The molecule has 0 aliphatic carbocycles. The van der Waals surface area contributed by atoms with Gasteiger partial charge in [-0.2, -0.15) is 16.9 Å². The Balaban J connectivity index is 1.85. The van der Waals surface area contributed by atoms with Crippen LogP contribution in [-0.4, -0.2) is 20.9 Å². The molecule has 6 heteroatoms. The molecule has 0 bridgehead atoms. The van der Waals surface area contributed by atoms with Gasteiger partial charge in [0.05, 0.1) is 16.1 Å². The predicted molar refractivity (Wildman–Crippen MR) is 89.4 cm³/mol. The first-order valence-electron chi connectivity index (χ1n) is 6.77. The van der Waals surface area contributed by atoms with Crippen LogP contribution in [0.25, 0.3) is 21.7 Å². The average Bonchev–Trinajstić information content (AvgIpc) is 3.11. The standard InChI is InChI=1S/C15H14N4S2/c16-15-13(9-1-4-17-5-2-9)14(18-19-15)12-7-10-8-20-6-3-11(10)21-12/h1-2,4-5,7H,3,6,8H2,(H3,16,18,19). The highest BCUT2D eigenvalue weighted by Gasteiger charge is 2.20. The van der Waals surface area contributed by atoms with Crippen LogP contribution < -0.4 is 5.73 Å². The average molecular weight is 314 g/mol. The Morgan fingerprint density at radius 2 is 2.10 bits per heavy atom. The summed E-state index contributed by atoms with van der Waals surface area (Å²) in [6.07, 6.45) is 4.72. The second kappa shape index (κ2) is 5.20. The number of fused-ring (bicyclic) bond motifs is 1. The summed E-state index contributed by atoms with van der Waals surface area (Å²) in [6, 6.07) is 6.21. The first kappa shape index (κ1) is 12.9. The summed E-state index contributed by atoms with van der Waals surface area (Å²) in [7, 11) is 0. The van der Waals surface area contributed by atoms with E-state index < -0.39 is 0 Å². The molecule has 3 aromatic heterocycles. The van der Waals surface area contributed by atoms with Crippen molar-refractivity contribution < 1.29 is 0 Å². The maximum atomic E-state index is 6.07. The summed E-state index contributed by atoms with van der Waals surface area (Å²) in [6.45, 7) is 0. The zero-order chi connectivity index (χ0) is 14.2. The zero-order valence-electron chi connectivity index (χ0n) is 11.3. The minimum absolute atomic E-state index is 0.539. The van der Waals surface area contributed by atoms with Gasteiger partial charge in [-0.15, -0.1) is 11.3 Å². The number of aromatic nitrogens is 3. The lowest BCUT2D eigenvalue weighted by Gasteiger charge is -2.08. The normalized spacial score (nSPS) is 14.1. The molecule has 21 heavy (non-hydrogen) atoms. The molecule has 3 aromatic rings. The molecule has 3 N–H and O–H groups in total. The van der Waals surface area contributed by atoms with E-state index in [1.807, 2.05) is 35.2 Å². The topological polar surface area (TPSA) is 67.6 Å². The van der Waals surface area contributed by atoms with E-state index in [0.29, 0.717) is 5.82 Å². The quantitative estimate of drug-likeness (QED) is 0.759. The van der Waals surface area contributed by atoms with Gasteiger partial charge >= 0.3 is 0 Å². The largest absolute Gasteiger partial charge is 0.382 e. The third-order valence-electron chi connectivity index (χ3n) is 3.64. The van der Waals surface area contributed by atoms with Gasteiger partial charge in [0.2, 0.25) is 0 Å². The van der Waals surface area contributed by atoms with Crippen molar-refractivity contribution in [1.82, 2.24) is 15.2 Å². The summed E-state index contributed by atoms with van der Waals surface area (Å²) >= 11 is 3.85. The third kappa shape index (κ3) is 2.24. The molecule has 4 heterocycles. The molecule has 4 nitrogen and oxygen atoms in total. The molecule has 1 aliphatic rings. The number of nitrogen functional groups attached to an aromatic ring is 1. The van der Waals surface area contributed by atoms with Gasteiger partial charge in [-0.3, -0.25) is 10.1 Å². The van der Waals surface area contributed by atoms with Gasteiger partial charge in [0.1, 0.15) is 0 Å². The number of rotatable bonds is 2. The van der Waals surface area contributed by atoms with Crippen molar-refractivity contribution in [2.45, 2.75) is 12.2 Å². The molecule has 0 unspecified atom stereocenters. The summed E-state index contributed by atoms with van der Waals surface area (Å²) in [5.41, 5.74) is 10.6. The maximum absolute atomic E-state index is 6.07. The van der Waals surface area contributed by atoms with Crippen molar-refractivity contribution in [1.29, 1.82) is 0 Å². The van der Waals surface area contributed by atoms with Crippen LogP contribution in [0, 0.1) is 0 Å². The Labute approximate surface area is 130 Å². The molecular formula is C15H14N4S2.